The number of carboxylic acids is 1. The fraction of sp³-hybridized carbons (Fsp3) is 0.536. The Bertz CT molecular complexity index is 1010. The normalized spacial score (nSPS) is 21.5. The van der Waals surface area contributed by atoms with Gasteiger partial charge in [-0.3, -0.25) is 14.5 Å². The van der Waals surface area contributed by atoms with Crippen molar-refractivity contribution in [3.8, 4) is 0 Å². The molecule has 7 heteroatoms. The molecule has 186 valence electrons. The molecule has 7 nitrogen and oxygen atoms in total. The third-order valence-electron chi connectivity index (χ3n) is 8.22. The van der Waals surface area contributed by atoms with E-state index in [0.717, 1.165) is 63.1 Å². The zero-order chi connectivity index (χ0) is 24.3. The second-order valence-electron chi connectivity index (χ2n) is 10.6. The highest BCUT2D eigenvalue weighted by Crippen LogP contribution is 2.42. The Balaban J connectivity index is 1.11. The van der Waals surface area contributed by atoms with Crippen LogP contribution in [0.15, 0.2) is 48.7 Å². The molecule has 1 aromatic carbocycles. The van der Waals surface area contributed by atoms with E-state index in [-0.39, 0.29) is 5.41 Å². The number of ketones is 1. The standard InChI is InChI=1S/C28H36N4O3/c33-25-5-1-3-13-28(25)19-32(20-28)24(27(34)35)17-21-7-9-23(10-8-21)31-15-11-22(12-16-31)18-30-26-6-2-4-14-29-26/h2,4,6-10,14,22,24H,1,3,5,11-13,15-20H2,(H,29,30)(H,34,35). The monoisotopic (exact) mass is 476 g/mol. The number of carboxylic acid groups (broad SMARTS) is 1. The number of nitrogens with zero attached hydrogens (tertiary/aromatic N) is 3. The number of nitrogens with one attached hydrogen (secondary N) is 1. The number of carbonyl (C=O) groups is 2. The van der Waals surface area contributed by atoms with Crippen molar-refractivity contribution in [1.29, 1.82) is 0 Å². The number of anilines is 2. The van der Waals surface area contributed by atoms with Crippen molar-refractivity contribution in [3.05, 3.63) is 54.2 Å². The third-order valence-corrected chi connectivity index (χ3v) is 8.22. The van der Waals surface area contributed by atoms with Gasteiger partial charge >= 0.3 is 5.97 Å². The maximum atomic E-state index is 12.4. The van der Waals surface area contributed by atoms with Gasteiger partial charge in [0.2, 0.25) is 0 Å². The summed E-state index contributed by atoms with van der Waals surface area (Å²) in [6.45, 7) is 4.20. The SMILES string of the molecule is O=C(O)C(Cc1ccc(N2CCC(CNc3ccccn3)CC2)cc1)N1CC2(CCCCC2=O)C1. The lowest BCUT2D eigenvalue weighted by atomic mass is 9.67. The molecule has 1 saturated carbocycles. The molecule has 1 atom stereocenters. The summed E-state index contributed by atoms with van der Waals surface area (Å²) in [6.07, 6.45) is 8.19. The number of aromatic nitrogens is 1. The molecule has 0 bridgehead atoms. The van der Waals surface area contributed by atoms with Crippen LogP contribution < -0.4 is 10.2 Å². The first-order valence-corrected chi connectivity index (χ1v) is 13.0. The second kappa shape index (κ2) is 10.4. The molecular formula is C28H36N4O3. The third kappa shape index (κ3) is 5.35. The Labute approximate surface area is 207 Å². The molecule has 1 aliphatic carbocycles. The first-order chi connectivity index (χ1) is 17.0. The van der Waals surface area contributed by atoms with Gasteiger partial charge in [-0.15, -0.1) is 0 Å². The van der Waals surface area contributed by atoms with Gasteiger partial charge in [0.05, 0.1) is 5.41 Å². The quantitative estimate of drug-likeness (QED) is 0.599. The molecule has 2 aromatic rings. The van der Waals surface area contributed by atoms with Crippen LogP contribution in [0.4, 0.5) is 11.5 Å². The molecule has 2 aliphatic heterocycles. The van der Waals surface area contributed by atoms with Gasteiger partial charge in [-0.1, -0.05) is 24.6 Å². The van der Waals surface area contributed by atoms with Gasteiger partial charge < -0.3 is 15.3 Å². The van der Waals surface area contributed by atoms with Crippen molar-refractivity contribution in [2.75, 3.05) is 42.9 Å². The Morgan fingerprint density at radius 2 is 1.89 bits per heavy atom. The van der Waals surface area contributed by atoms with E-state index in [1.807, 2.05) is 29.3 Å². The highest BCUT2D eigenvalue weighted by Gasteiger charge is 2.52. The Hall–Kier alpha value is -2.93. The minimum absolute atomic E-state index is 0.269. The number of likely N-dealkylation sites (tertiary alicyclic amines) is 1. The smallest absolute Gasteiger partial charge is 0.321 e. The summed E-state index contributed by atoms with van der Waals surface area (Å²) in [5.74, 6) is 1.11. The van der Waals surface area contributed by atoms with Gasteiger partial charge in [0.15, 0.2) is 0 Å². The van der Waals surface area contributed by atoms with Crippen LogP contribution in [0.2, 0.25) is 0 Å². The van der Waals surface area contributed by atoms with Gasteiger partial charge in [0, 0.05) is 51.0 Å². The Kier molecular flexibility index (Phi) is 7.04. The van der Waals surface area contributed by atoms with E-state index in [4.69, 9.17) is 0 Å². The molecule has 3 aliphatic rings. The topological polar surface area (TPSA) is 85.8 Å². The number of benzene rings is 1. The van der Waals surface area contributed by atoms with Crippen molar-refractivity contribution in [1.82, 2.24) is 9.88 Å². The number of aliphatic carboxylic acids is 1. The fourth-order valence-corrected chi connectivity index (χ4v) is 5.99. The summed E-state index contributed by atoms with van der Waals surface area (Å²) in [4.78, 5) is 33.2. The molecule has 5 rings (SSSR count). The van der Waals surface area contributed by atoms with E-state index in [2.05, 4.69) is 39.5 Å². The predicted octanol–water partition coefficient (Wildman–Crippen LogP) is 3.85. The van der Waals surface area contributed by atoms with Gasteiger partial charge in [-0.2, -0.15) is 0 Å². The lowest BCUT2D eigenvalue weighted by Gasteiger charge is -2.53. The molecule has 0 amide bonds. The van der Waals surface area contributed by atoms with Crippen LogP contribution in [0.1, 0.15) is 44.1 Å². The van der Waals surface area contributed by atoms with Crippen LogP contribution in [0, 0.1) is 11.3 Å². The molecule has 2 N–H and O–H groups in total. The zero-order valence-electron chi connectivity index (χ0n) is 20.4. The highest BCUT2D eigenvalue weighted by molar-refractivity contribution is 5.87. The fourth-order valence-electron chi connectivity index (χ4n) is 5.99. The molecule has 1 unspecified atom stereocenters. The summed E-state index contributed by atoms with van der Waals surface area (Å²) in [6, 6.07) is 13.8. The van der Waals surface area contributed by atoms with Crippen LogP contribution >= 0.6 is 0 Å². The zero-order valence-corrected chi connectivity index (χ0v) is 20.4. The summed E-state index contributed by atoms with van der Waals surface area (Å²) in [7, 11) is 0. The second-order valence-corrected chi connectivity index (χ2v) is 10.6. The van der Waals surface area contributed by atoms with Crippen molar-refractivity contribution >= 4 is 23.3 Å². The molecule has 2 saturated heterocycles. The van der Waals surface area contributed by atoms with E-state index in [1.54, 1.807) is 0 Å². The van der Waals surface area contributed by atoms with E-state index >= 15 is 0 Å². The number of rotatable bonds is 8. The molecule has 35 heavy (non-hydrogen) atoms. The van der Waals surface area contributed by atoms with E-state index in [9.17, 15) is 14.7 Å². The number of Topliss-reactive ketones (excluding diaryl/α,β-unsaturated/α-hetero) is 1. The lowest BCUT2D eigenvalue weighted by molar-refractivity contribution is -0.158. The maximum absolute atomic E-state index is 12.4. The van der Waals surface area contributed by atoms with E-state index in [1.165, 1.54) is 5.69 Å². The number of piperidine rings is 1. The first-order valence-electron chi connectivity index (χ1n) is 13.0. The Morgan fingerprint density at radius 1 is 1.11 bits per heavy atom. The summed E-state index contributed by atoms with van der Waals surface area (Å²) in [5.41, 5.74) is 1.97. The number of hydrogen-bond donors (Lipinski definition) is 2. The first kappa shape index (κ1) is 23.8. The average Bonchev–Trinajstić information content (AvgIpc) is 2.87. The Morgan fingerprint density at radius 3 is 2.54 bits per heavy atom. The summed E-state index contributed by atoms with van der Waals surface area (Å²) in [5, 5.41) is 13.3. The summed E-state index contributed by atoms with van der Waals surface area (Å²) < 4.78 is 0. The van der Waals surface area contributed by atoms with Gasteiger partial charge in [-0.25, -0.2) is 4.98 Å². The average molecular weight is 477 g/mol. The predicted molar refractivity (Wildman–Crippen MR) is 137 cm³/mol. The van der Waals surface area contributed by atoms with E-state index < -0.39 is 12.0 Å². The summed E-state index contributed by atoms with van der Waals surface area (Å²) >= 11 is 0. The molecule has 1 spiro atoms. The van der Waals surface area contributed by atoms with Crippen LogP contribution in [0.3, 0.4) is 0 Å². The lowest BCUT2D eigenvalue weighted by Crippen LogP contribution is -2.65. The van der Waals surface area contributed by atoms with Crippen molar-refractivity contribution < 1.29 is 14.7 Å². The largest absolute Gasteiger partial charge is 0.480 e. The molecule has 3 fully saturated rings. The molecule has 3 heterocycles. The van der Waals surface area contributed by atoms with Crippen molar-refractivity contribution in [2.45, 2.75) is 51.0 Å². The minimum atomic E-state index is -0.798. The van der Waals surface area contributed by atoms with Gasteiger partial charge in [0.25, 0.3) is 0 Å². The van der Waals surface area contributed by atoms with Gasteiger partial charge in [-0.05, 0) is 67.9 Å². The van der Waals surface area contributed by atoms with E-state index in [0.29, 0.717) is 37.6 Å². The number of pyridine rings is 1. The van der Waals surface area contributed by atoms with Crippen molar-refractivity contribution in [3.63, 3.8) is 0 Å². The van der Waals surface area contributed by atoms with Crippen LogP contribution in [-0.2, 0) is 16.0 Å². The van der Waals surface area contributed by atoms with Gasteiger partial charge in [0.1, 0.15) is 17.6 Å². The number of carbonyl (C=O) groups excluding carboxylic acids is 1. The van der Waals surface area contributed by atoms with Crippen LogP contribution in [-0.4, -0.2) is 65.5 Å². The molecule has 0 radical (unpaired) electrons. The number of hydrogen-bond acceptors (Lipinski definition) is 6. The maximum Gasteiger partial charge on any atom is 0.321 e. The van der Waals surface area contributed by atoms with Crippen LogP contribution in [0.25, 0.3) is 0 Å². The highest BCUT2D eigenvalue weighted by atomic mass is 16.4. The molecular weight excluding hydrogens is 440 g/mol. The van der Waals surface area contributed by atoms with Crippen LogP contribution in [0.5, 0.6) is 0 Å². The minimum Gasteiger partial charge on any atom is -0.480 e. The van der Waals surface area contributed by atoms with Crippen molar-refractivity contribution in [2.24, 2.45) is 11.3 Å². The molecule has 1 aromatic heterocycles.